The van der Waals surface area contributed by atoms with E-state index in [1.807, 2.05) is 19.1 Å². The van der Waals surface area contributed by atoms with E-state index in [0.717, 1.165) is 5.56 Å². The summed E-state index contributed by atoms with van der Waals surface area (Å²) in [4.78, 5) is 27.8. The molecule has 1 aliphatic heterocycles. The Balaban J connectivity index is 1.96. The fourth-order valence-corrected chi connectivity index (χ4v) is 4.03. The number of methoxy groups -OCH3 is 2. The maximum Gasteiger partial charge on any atom is 0.300 e. The Hall–Kier alpha value is -3.77. The Morgan fingerprint density at radius 1 is 0.909 bits per heavy atom. The molecule has 1 saturated heterocycles. The van der Waals surface area contributed by atoms with Gasteiger partial charge in [-0.25, -0.2) is 0 Å². The zero-order valence-electron chi connectivity index (χ0n) is 18.3. The van der Waals surface area contributed by atoms with Gasteiger partial charge in [0.25, 0.3) is 11.7 Å². The van der Waals surface area contributed by atoms with Gasteiger partial charge in [-0.1, -0.05) is 35.4 Å². The van der Waals surface area contributed by atoms with E-state index >= 15 is 0 Å². The number of halogens is 1. The number of hydrogen-bond donors (Lipinski definition) is 1. The van der Waals surface area contributed by atoms with Crippen molar-refractivity contribution in [3.63, 3.8) is 0 Å². The monoisotopic (exact) mass is 463 g/mol. The molecule has 0 radical (unpaired) electrons. The largest absolute Gasteiger partial charge is 0.507 e. The van der Waals surface area contributed by atoms with Crippen LogP contribution < -0.4 is 14.4 Å². The standard InChI is InChI=1S/C26H22ClNO5/c1-15-4-11-19(12-5-15)28-23(17-8-13-20(32-2)21(14-17)33-3)22(25(30)26(28)31)24(29)16-6-9-18(27)10-7-16/h4-14,23,29H,1-3H3/b24-22+/t23-/m0/s1. The van der Waals surface area contributed by atoms with Crippen molar-refractivity contribution < 1.29 is 24.2 Å². The minimum atomic E-state index is -0.872. The molecule has 0 unspecified atom stereocenters. The van der Waals surface area contributed by atoms with Crippen molar-refractivity contribution in [2.24, 2.45) is 0 Å². The molecule has 0 spiro atoms. The summed E-state index contributed by atoms with van der Waals surface area (Å²) >= 11 is 5.98. The highest BCUT2D eigenvalue weighted by atomic mass is 35.5. The summed E-state index contributed by atoms with van der Waals surface area (Å²) in [6.45, 7) is 1.93. The number of aliphatic hydroxyl groups is 1. The number of ketones is 1. The summed E-state index contributed by atoms with van der Waals surface area (Å²) < 4.78 is 10.8. The lowest BCUT2D eigenvalue weighted by Gasteiger charge is -2.26. The molecule has 1 atom stereocenters. The average molecular weight is 464 g/mol. The van der Waals surface area contributed by atoms with Crippen molar-refractivity contribution in [1.29, 1.82) is 0 Å². The summed E-state index contributed by atoms with van der Waals surface area (Å²) in [5.41, 5.74) is 2.50. The second kappa shape index (κ2) is 9.00. The van der Waals surface area contributed by atoms with E-state index in [1.165, 1.54) is 19.1 Å². The summed E-state index contributed by atoms with van der Waals surface area (Å²) in [7, 11) is 3.03. The molecule has 0 bridgehead atoms. The summed E-state index contributed by atoms with van der Waals surface area (Å²) in [6.07, 6.45) is 0. The lowest BCUT2D eigenvalue weighted by molar-refractivity contribution is -0.132. The molecule has 7 heteroatoms. The Morgan fingerprint density at radius 2 is 1.55 bits per heavy atom. The molecule has 6 nitrogen and oxygen atoms in total. The van der Waals surface area contributed by atoms with E-state index in [-0.39, 0.29) is 11.3 Å². The fraction of sp³-hybridized carbons (Fsp3) is 0.154. The van der Waals surface area contributed by atoms with Crippen LogP contribution in [0.25, 0.3) is 5.76 Å². The number of rotatable bonds is 5. The molecule has 33 heavy (non-hydrogen) atoms. The summed E-state index contributed by atoms with van der Waals surface area (Å²) in [5.74, 6) is -0.835. The third-order valence-corrected chi connectivity index (χ3v) is 5.85. The molecule has 0 aliphatic carbocycles. The van der Waals surface area contributed by atoms with Crippen LogP contribution in [0.4, 0.5) is 5.69 Å². The molecule has 0 aromatic heterocycles. The number of anilines is 1. The molecule has 1 amide bonds. The van der Waals surface area contributed by atoms with Gasteiger partial charge in [-0.05, 0) is 61.0 Å². The summed E-state index contributed by atoms with van der Waals surface area (Å²) in [5, 5.41) is 11.6. The van der Waals surface area contributed by atoms with Gasteiger partial charge in [-0.3, -0.25) is 14.5 Å². The quantitative estimate of drug-likeness (QED) is 0.316. The molecule has 1 N–H and O–H groups in total. The van der Waals surface area contributed by atoms with E-state index in [9.17, 15) is 14.7 Å². The van der Waals surface area contributed by atoms with Crippen LogP contribution in [0.5, 0.6) is 11.5 Å². The number of aliphatic hydroxyl groups excluding tert-OH is 1. The van der Waals surface area contributed by atoms with Gasteiger partial charge in [0.15, 0.2) is 11.5 Å². The highest BCUT2D eigenvalue weighted by Crippen LogP contribution is 2.44. The number of ether oxygens (including phenoxy) is 2. The highest BCUT2D eigenvalue weighted by molar-refractivity contribution is 6.51. The molecule has 4 rings (SSSR count). The van der Waals surface area contributed by atoms with Crippen LogP contribution in [0.2, 0.25) is 5.02 Å². The Kier molecular flexibility index (Phi) is 6.11. The van der Waals surface area contributed by atoms with Crippen molar-refractivity contribution in [2.75, 3.05) is 19.1 Å². The predicted octanol–water partition coefficient (Wildman–Crippen LogP) is 5.29. The van der Waals surface area contributed by atoms with Crippen LogP contribution in [0.1, 0.15) is 22.7 Å². The second-order valence-electron chi connectivity index (χ2n) is 7.63. The van der Waals surface area contributed by atoms with Crippen LogP contribution in [0.3, 0.4) is 0 Å². The molecular weight excluding hydrogens is 442 g/mol. The van der Waals surface area contributed by atoms with Gasteiger partial charge < -0.3 is 14.6 Å². The van der Waals surface area contributed by atoms with Crippen LogP contribution in [0, 0.1) is 6.92 Å². The van der Waals surface area contributed by atoms with Gasteiger partial charge in [0.2, 0.25) is 0 Å². The number of hydrogen-bond acceptors (Lipinski definition) is 5. The minimum absolute atomic E-state index is 0.0184. The first-order valence-corrected chi connectivity index (χ1v) is 10.6. The van der Waals surface area contributed by atoms with Crippen molar-refractivity contribution in [3.8, 4) is 11.5 Å². The summed E-state index contributed by atoms with van der Waals surface area (Å²) in [6, 6.07) is 18.0. The molecule has 3 aromatic carbocycles. The number of amides is 1. The number of carbonyl (C=O) groups excluding carboxylic acids is 2. The Labute approximate surface area is 196 Å². The highest BCUT2D eigenvalue weighted by Gasteiger charge is 2.47. The van der Waals surface area contributed by atoms with Crippen molar-refractivity contribution in [3.05, 3.63) is 94.0 Å². The maximum absolute atomic E-state index is 13.2. The van der Waals surface area contributed by atoms with E-state index in [1.54, 1.807) is 54.6 Å². The minimum Gasteiger partial charge on any atom is -0.507 e. The Morgan fingerprint density at radius 3 is 2.15 bits per heavy atom. The average Bonchev–Trinajstić information content (AvgIpc) is 3.09. The predicted molar refractivity (Wildman–Crippen MR) is 127 cm³/mol. The van der Waals surface area contributed by atoms with E-state index in [2.05, 4.69) is 0 Å². The van der Waals surface area contributed by atoms with Crippen molar-refractivity contribution in [1.82, 2.24) is 0 Å². The zero-order chi connectivity index (χ0) is 23.7. The molecule has 0 saturated carbocycles. The normalized spacial score (nSPS) is 17.3. The number of nitrogens with zero attached hydrogens (tertiary/aromatic N) is 1. The van der Waals surface area contributed by atoms with Gasteiger partial charge in [0.1, 0.15) is 5.76 Å². The first kappa shape index (κ1) is 22.4. The van der Waals surface area contributed by atoms with E-state index in [4.69, 9.17) is 21.1 Å². The number of Topliss-reactive ketones (excluding diaryl/α,β-unsaturated/α-hetero) is 1. The van der Waals surface area contributed by atoms with Gasteiger partial charge in [-0.15, -0.1) is 0 Å². The van der Waals surface area contributed by atoms with Gasteiger partial charge >= 0.3 is 0 Å². The molecule has 168 valence electrons. The van der Waals surface area contributed by atoms with E-state index < -0.39 is 17.7 Å². The fourth-order valence-electron chi connectivity index (χ4n) is 3.91. The van der Waals surface area contributed by atoms with Gasteiger partial charge in [-0.2, -0.15) is 0 Å². The second-order valence-corrected chi connectivity index (χ2v) is 8.06. The Bertz CT molecular complexity index is 1250. The number of aryl methyl sites for hydroxylation is 1. The first-order chi connectivity index (χ1) is 15.8. The molecule has 1 heterocycles. The van der Waals surface area contributed by atoms with Crippen molar-refractivity contribution in [2.45, 2.75) is 13.0 Å². The van der Waals surface area contributed by atoms with Gasteiger partial charge in [0, 0.05) is 16.3 Å². The van der Waals surface area contributed by atoms with Crippen LogP contribution in [-0.2, 0) is 9.59 Å². The SMILES string of the molecule is COc1ccc([C@H]2/C(=C(\O)c3ccc(Cl)cc3)C(=O)C(=O)N2c2ccc(C)cc2)cc1OC. The first-order valence-electron chi connectivity index (χ1n) is 10.2. The third kappa shape index (κ3) is 4.05. The smallest absolute Gasteiger partial charge is 0.300 e. The van der Waals surface area contributed by atoms with Crippen LogP contribution in [0.15, 0.2) is 72.3 Å². The lowest BCUT2D eigenvalue weighted by atomic mass is 9.94. The van der Waals surface area contributed by atoms with Crippen LogP contribution in [-0.4, -0.2) is 31.0 Å². The molecule has 1 aliphatic rings. The number of carbonyl (C=O) groups is 2. The van der Waals surface area contributed by atoms with Crippen LogP contribution >= 0.6 is 11.6 Å². The van der Waals surface area contributed by atoms with Crippen molar-refractivity contribution >= 4 is 34.7 Å². The lowest BCUT2D eigenvalue weighted by Crippen LogP contribution is -2.29. The molecule has 1 fully saturated rings. The molecular formula is C26H22ClNO5. The molecule has 3 aromatic rings. The van der Waals surface area contributed by atoms with Gasteiger partial charge in [0.05, 0.1) is 25.8 Å². The number of benzene rings is 3. The topological polar surface area (TPSA) is 76.1 Å². The zero-order valence-corrected chi connectivity index (χ0v) is 19.1. The van der Waals surface area contributed by atoms with E-state index in [0.29, 0.717) is 33.3 Å². The third-order valence-electron chi connectivity index (χ3n) is 5.60. The maximum atomic E-state index is 13.2.